The van der Waals surface area contributed by atoms with E-state index in [9.17, 15) is 9.59 Å². The Morgan fingerprint density at radius 3 is 2.27 bits per heavy atom. The molecule has 4 nitrogen and oxygen atoms in total. The van der Waals surface area contributed by atoms with Crippen molar-refractivity contribution in [3.05, 3.63) is 95.8 Å². The maximum Gasteiger partial charge on any atom is 0.239 e. The zero-order chi connectivity index (χ0) is 18.4. The van der Waals surface area contributed by atoms with Crippen LogP contribution in [0.4, 0.5) is 0 Å². The molecule has 4 heteroatoms. The Morgan fingerprint density at radius 2 is 1.58 bits per heavy atom. The predicted octanol–water partition coefficient (Wildman–Crippen LogP) is 3.64. The maximum atomic E-state index is 12.6. The number of carbonyl (C=O) groups is 2. The number of hydrogen-bond donors (Lipinski definition) is 1. The maximum absolute atomic E-state index is 12.6. The first-order chi connectivity index (χ1) is 12.6. The molecule has 0 fully saturated rings. The molecule has 0 bridgehead atoms. The van der Waals surface area contributed by atoms with Gasteiger partial charge in [0.15, 0.2) is 0 Å². The van der Waals surface area contributed by atoms with Crippen molar-refractivity contribution in [3.63, 3.8) is 0 Å². The zero-order valence-corrected chi connectivity index (χ0v) is 14.8. The van der Waals surface area contributed by atoms with Gasteiger partial charge >= 0.3 is 0 Å². The lowest BCUT2D eigenvalue weighted by Gasteiger charge is -2.14. The number of nitrogens with zero attached hydrogens (tertiary/aromatic N) is 1. The molecule has 0 aliphatic rings. The molecule has 0 radical (unpaired) electrons. The average Bonchev–Trinajstić information content (AvgIpc) is 3.15. The van der Waals surface area contributed by atoms with E-state index in [0.717, 1.165) is 0 Å². The van der Waals surface area contributed by atoms with Gasteiger partial charge in [-0.15, -0.1) is 0 Å². The summed E-state index contributed by atoms with van der Waals surface area (Å²) in [6, 6.07) is 22.7. The molecule has 1 aromatic heterocycles. The predicted molar refractivity (Wildman–Crippen MR) is 102 cm³/mol. The highest BCUT2D eigenvalue weighted by Gasteiger charge is 2.15. The van der Waals surface area contributed by atoms with Gasteiger partial charge < -0.3 is 9.88 Å². The van der Waals surface area contributed by atoms with E-state index in [0.29, 0.717) is 17.8 Å². The van der Waals surface area contributed by atoms with Gasteiger partial charge in [-0.1, -0.05) is 67.6 Å². The summed E-state index contributed by atoms with van der Waals surface area (Å²) in [7, 11) is 0. The van der Waals surface area contributed by atoms with Gasteiger partial charge in [-0.05, 0) is 23.6 Å². The van der Waals surface area contributed by atoms with Gasteiger partial charge in [0.05, 0.1) is 5.69 Å². The smallest absolute Gasteiger partial charge is 0.239 e. The molecule has 3 aromatic rings. The van der Waals surface area contributed by atoms with Crippen LogP contribution in [-0.2, 0) is 11.3 Å². The van der Waals surface area contributed by atoms with Gasteiger partial charge in [0, 0.05) is 18.3 Å². The van der Waals surface area contributed by atoms with Crippen LogP contribution in [-0.4, -0.2) is 22.8 Å². The molecule has 2 aromatic carbocycles. The molecule has 0 saturated heterocycles. The molecule has 26 heavy (non-hydrogen) atoms. The van der Waals surface area contributed by atoms with E-state index >= 15 is 0 Å². The van der Waals surface area contributed by atoms with Gasteiger partial charge in [0.25, 0.3) is 0 Å². The molecule has 0 unspecified atom stereocenters. The Bertz CT molecular complexity index is 869. The van der Waals surface area contributed by atoms with Crippen LogP contribution in [0, 0.1) is 0 Å². The standard InChI is InChI=1S/C22H22N2O2/c1-17(18-9-4-2-5-10-18)15-23-21(25)16-24-14-8-13-20(24)22(26)19-11-6-3-7-12-19/h2-14,17H,15-16H2,1H3,(H,23,25)/t17-/m1/s1. The molecule has 0 aliphatic carbocycles. The molecular formula is C22H22N2O2. The number of nitrogens with one attached hydrogen (secondary N) is 1. The average molecular weight is 346 g/mol. The third kappa shape index (κ3) is 4.28. The monoisotopic (exact) mass is 346 g/mol. The number of carbonyl (C=O) groups excluding carboxylic acids is 2. The van der Waals surface area contributed by atoms with E-state index in [1.165, 1.54) is 5.56 Å². The van der Waals surface area contributed by atoms with Crippen molar-refractivity contribution in [3.8, 4) is 0 Å². The SMILES string of the molecule is C[C@H](CNC(=O)Cn1cccc1C(=O)c1ccccc1)c1ccccc1. The first-order valence-electron chi connectivity index (χ1n) is 8.71. The zero-order valence-electron chi connectivity index (χ0n) is 14.8. The summed E-state index contributed by atoms with van der Waals surface area (Å²) in [5.74, 6) is 0.0439. The van der Waals surface area contributed by atoms with E-state index in [4.69, 9.17) is 0 Å². The van der Waals surface area contributed by atoms with E-state index < -0.39 is 0 Å². The summed E-state index contributed by atoms with van der Waals surface area (Å²) in [5.41, 5.74) is 2.32. The Hall–Kier alpha value is -3.14. The van der Waals surface area contributed by atoms with Crippen molar-refractivity contribution >= 4 is 11.7 Å². The lowest BCUT2D eigenvalue weighted by Crippen LogP contribution is -2.31. The van der Waals surface area contributed by atoms with Gasteiger partial charge in [-0.25, -0.2) is 0 Å². The number of rotatable bonds is 7. The number of amides is 1. The topological polar surface area (TPSA) is 51.1 Å². The molecule has 1 amide bonds. The summed E-state index contributed by atoms with van der Waals surface area (Å²) in [5, 5.41) is 2.95. The first kappa shape index (κ1) is 17.7. The summed E-state index contributed by atoms with van der Waals surface area (Å²) in [6.07, 6.45) is 1.76. The minimum absolute atomic E-state index is 0.0824. The number of ketones is 1. The van der Waals surface area contributed by atoms with Crippen molar-refractivity contribution in [1.29, 1.82) is 0 Å². The fourth-order valence-electron chi connectivity index (χ4n) is 2.87. The lowest BCUT2D eigenvalue weighted by atomic mass is 10.0. The van der Waals surface area contributed by atoms with Crippen molar-refractivity contribution in [2.45, 2.75) is 19.4 Å². The molecule has 132 valence electrons. The van der Waals surface area contributed by atoms with Crippen LogP contribution in [0.5, 0.6) is 0 Å². The molecule has 0 spiro atoms. The van der Waals surface area contributed by atoms with E-state index in [1.807, 2.05) is 36.4 Å². The third-order valence-corrected chi connectivity index (χ3v) is 4.39. The third-order valence-electron chi connectivity index (χ3n) is 4.39. The Kier molecular flexibility index (Phi) is 5.64. The second-order valence-corrected chi connectivity index (χ2v) is 6.33. The van der Waals surface area contributed by atoms with E-state index in [2.05, 4.69) is 24.4 Å². The van der Waals surface area contributed by atoms with Crippen LogP contribution in [0.25, 0.3) is 0 Å². The van der Waals surface area contributed by atoms with Gasteiger partial charge in [0.1, 0.15) is 6.54 Å². The van der Waals surface area contributed by atoms with Gasteiger partial charge in [-0.3, -0.25) is 9.59 Å². The summed E-state index contributed by atoms with van der Waals surface area (Å²) in [6.45, 7) is 2.77. The number of hydrogen-bond acceptors (Lipinski definition) is 2. The number of benzene rings is 2. The molecule has 1 N–H and O–H groups in total. The van der Waals surface area contributed by atoms with Crippen molar-refractivity contribution < 1.29 is 9.59 Å². The largest absolute Gasteiger partial charge is 0.354 e. The second-order valence-electron chi connectivity index (χ2n) is 6.33. The fraction of sp³-hybridized carbons (Fsp3) is 0.182. The first-order valence-corrected chi connectivity index (χ1v) is 8.71. The molecule has 0 saturated carbocycles. The fourth-order valence-corrected chi connectivity index (χ4v) is 2.87. The van der Waals surface area contributed by atoms with Crippen molar-refractivity contribution in [2.24, 2.45) is 0 Å². The highest BCUT2D eigenvalue weighted by atomic mass is 16.2. The van der Waals surface area contributed by atoms with Gasteiger partial charge in [0.2, 0.25) is 11.7 Å². The van der Waals surface area contributed by atoms with Crippen LogP contribution in [0.1, 0.15) is 34.5 Å². The van der Waals surface area contributed by atoms with Crippen LogP contribution in [0.2, 0.25) is 0 Å². The quantitative estimate of drug-likeness (QED) is 0.664. The van der Waals surface area contributed by atoms with Crippen LogP contribution in [0.3, 0.4) is 0 Å². The Labute approximate surface area is 153 Å². The van der Waals surface area contributed by atoms with E-state index in [-0.39, 0.29) is 24.2 Å². The van der Waals surface area contributed by atoms with Crippen LogP contribution >= 0.6 is 0 Å². The molecule has 3 rings (SSSR count). The van der Waals surface area contributed by atoms with Crippen LogP contribution in [0.15, 0.2) is 79.0 Å². The van der Waals surface area contributed by atoms with Crippen molar-refractivity contribution in [1.82, 2.24) is 9.88 Å². The Balaban J connectivity index is 1.60. The lowest BCUT2D eigenvalue weighted by molar-refractivity contribution is -0.121. The molecule has 0 aliphatic heterocycles. The Morgan fingerprint density at radius 1 is 0.923 bits per heavy atom. The summed E-state index contributed by atoms with van der Waals surface area (Å²) in [4.78, 5) is 24.9. The summed E-state index contributed by atoms with van der Waals surface area (Å²) >= 11 is 0. The minimum atomic E-state index is -0.105. The van der Waals surface area contributed by atoms with E-state index in [1.54, 1.807) is 35.0 Å². The normalized spacial score (nSPS) is 11.7. The van der Waals surface area contributed by atoms with Crippen molar-refractivity contribution in [2.75, 3.05) is 6.54 Å². The minimum Gasteiger partial charge on any atom is -0.354 e. The molecule has 1 atom stereocenters. The second kappa shape index (κ2) is 8.30. The highest BCUT2D eigenvalue weighted by Crippen LogP contribution is 2.13. The molecular weight excluding hydrogens is 324 g/mol. The highest BCUT2D eigenvalue weighted by molar-refractivity contribution is 6.08. The van der Waals surface area contributed by atoms with Crippen LogP contribution < -0.4 is 5.32 Å². The van der Waals surface area contributed by atoms with Gasteiger partial charge in [-0.2, -0.15) is 0 Å². The number of aromatic nitrogens is 1. The molecule has 1 heterocycles. The summed E-state index contributed by atoms with van der Waals surface area (Å²) < 4.78 is 1.69.